The van der Waals surface area contributed by atoms with Gasteiger partial charge in [-0.1, -0.05) is 111 Å². The van der Waals surface area contributed by atoms with Gasteiger partial charge in [0.2, 0.25) is 0 Å². The normalized spacial score (nSPS) is 14.5. The Hall–Kier alpha value is -7.67. The number of hydrogen-bond acceptors (Lipinski definition) is 5. The summed E-state index contributed by atoms with van der Waals surface area (Å²) < 4.78 is 66.7. The molecule has 334 valence electrons. The molecule has 0 radical (unpaired) electrons. The fourth-order valence-electron chi connectivity index (χ4n) is 10.1. The number of fused-ring (bicyclic) bond motifs is 10. The Bertz CT molecular complexity index is 4100. The number of aryl methyl sites for hydroxylation is 2. The summed E-state index contributed by atoms with van der Waals surface area (Å²) in [7, 11) is 0. The van der Waals surface area contributed by atoms with Crippen LogP contribution in [-0.2, 0) is 40.4 Å². The van der Waals surface area contributed by atoms with Gasteiger partial charge in [-0.05, 0) is 65.1 Å². The molecule has 0 spiro atoms. The second-order valence-electron chi connectivity index (χ2n) is 18.0. The van der Waals surface area contributed by atoms with Crippen LogP contribution in [0.25, 0.3) is 82.5 Å². The second kappa shape index (κ2) is 15.7. The molecule has 8 nitrogen and oxygen atoms in total. The van der Waals surface area contributed by atoms with Crippen molar-refractivity contribution < 1.29 is 34.0 Å². The standard InChI is InChI=1S/C59H44N7O.Pt/c1-59(2,3)38-30-32-60-51(33-38)66-49-27-16-31-61-55(49)44-29-28-41(35-50(44)66)67-40-20-15-19-39(34-40)64-36-65(48-26-14-13-25-47(48)64)58-56-53(42-21-9-11-23-45(42)62(56)4)52(37-17-7-6-8-18-37)54-43-22-10-12-24-46(43)63(5)57(54)58;/h6-33,36H,1-5H3;/q-3;/i4D3,5D3;. The first-order valence-electron chi connectivity index (χ1n) is 25.2. The number of hydrogen-bond donors (Lipinski definition) is 0. The minimum atomic E-state index is -2.69. The van der Waals surface area contributed by atoms with Crippen molar-refractivity contribution in [3.05, 3.63) is 194 Å². The summed E-state index contributed by atoms with van der Waals surface area (Å²) in [5, 5.41) is 3.75. The van der Waals surface area contributed by atoms with Gasteiger partial charge in [0.1, 0.15) is 5.82 Å². The number of rotatable bonds is 6. The molecule has 6 heterocycles. The van der Waals surface area contributed by atoms with Gasteiger partial charge in [-0.25, -0.2) is 4.98 Å². The maximum Gasteiger partial charge on any atom is 0.135 e. The second-order valence-corrected chi connectivity index (χ2v) is 18.0. The molecular weight excluding hydrogens is 1020 g/mol. The molecule has 9 heteroatoms. The van der Waals surface area contributed by atoms with E-state index in [2.05, 4.69) is 43.5 Å². The molecule has 0 saturated heterocycles. The van der Waals surface area contributed by atoms with Crippen LogP contribution < -0.4 is 14.5 Å². The number of nitrogens with zero attached hydrogens (tertiary/aromatic N) is 7. The number of anilines is 4. The van der Waals surface area contributed by atoms with E-state index < -0.39 is 14.0 Å². The number of benzene rings is 7. The smallest absolute Gasteiger partial charge is 0.135 e. The van der Waals surface area contributed by atoms with E-state index in [0.29, 0.717) is 61.4 Å². The predicted octanol–water partition coefficient (Wildman–Crippen LogP) is 14.6. The van der Waals surface area contributed by atoms with Gasteiger partial charge in [0, 0.05) is 122 Å². The van der Waals surface area contributed by atoms with Gasteiger partial charge in [0.15, 0.2) is 0 Å². The molecule has 5 aromatic heterocycles. The molecule has 68 heavy (non-hydrogen) atoms. The Morgan fingerprint density at radius 2 is 1.24 bits per heavy atom. The van der Waals surface area contributed by atoms with E-state index in [-0.39, 0.29) is 26.5 Å². The molecule has 0 bridgehead atoms. The minimum absolute atomic E-state index is 0. The molecule has 0 unspecified atom stereocenters. The summed E-state index contributed by atoms with van der Waals surface area (Å²) in [6.45, 7) is 3.05. The van der Waals surface area contributed by atoms with Crippen molar-refractivity contribution in [2.45, 2.75) is 26.2 Å². The molecule has 7 aromatic carbocycles. The Kier molecular flexibility index (Phi) is 8.21. The third-order valence-electron chi connectivity index (χ3n) is 13.1. The van der Waals surface area contributed by atoms with E-state index in [0.717, 1.165) is 60.9 Å². The summed E-state index contributed by atoms with van der Waals surface area (Å²) >= 11 is 0. The molecule has 1 aliphatic rings. The van der Waals surface area contributed by atoms with Gasteiger partial charge in [-0.3, -0.25) is 4.98 Å². The zero-order valence-electron chi connectivity index (χ0n) is 43.1. The van der Waals surface area contributed by atoms with Crippen LogP contribution in [0, 0.1) is 18.8 Å². The van der Waals surface area contributed by atoms with Crippen molar-refractivity contribution in [2.75, 3.05) is 9.80 Å². The third kappa shape index (κ3) is 6.24. The average molecular weight is 1070 g/mol. The summed E-state index contributed by atoms with van der Waals surface area (Å²) in [5.41, 5.74) is 9.32. The molecule has 0 aliphatic carbocycles. The monoisotopic (exact) mass is 1070 g/mol. The van der Waals surface area contributed by atoms with Crippen molar-refractivity contribution >= 4 is 88.3 Å². The van der Waals surface area contributed by atoms with Crippen LogP contribution in [0.5, 0.6) is 11.5 Å². The molecule has 0 saturated carbocycles. The Labute approximate surface area is 417 Å². The van der Waals surface area contributed by atoms with Crippen LogP contribution in [0.2, 0.25) is 0 Å². The SMILES string of the molecule is [2H]C([2H])([2H])n1c2ccccc2c2c(-c3ccccc3)c3c4ccccc4n(C([2H])([2H])[2H])c3c(N3[CH-]N(c4[c-]c(Oc5[c-]c6c(cc5)c5ncccc5n6-c5cc(C(C)(C)C)ccn5)ccc4)c4ccccc43)c21.[Pt]. The maximum atomic E-state index is 9.19. The summed E-state index contributed by atoms with van der Waals surface area (Å²) in [6, 6.07) is 57.4. The first-order valence-corrected chi connectivity index (χ1v) is 22.2. The topological polar surface area (TPSA) is 56.3 Å². The third-order valence-corrected chi connectivity index (χ3v) is 13.1. The predicted molar refractivity (Wildman–Crippen MR) is 274 cm³/mol. The van der Waals surface area contributed by atoms with E-state index in [4.69, 9.17) is 14.7 Å². The zero-order chi connectivity index (χ0) is 50.1. The van der Waals surface area contributed by atoms with Crippen molar-refractivity contribution in [1.29, 1.82) is 0 Å². The Balaban J connectivity index is 0.00000556. The molecule has 0 N–H and O–H groups in total. The molecule has 1 aliphatic heterocycles. The van der Waals surface area contributed by atoms with Gasteiger partial charge < -0.3 is 28.2 Å². The first kappa shape index (κ1) is 35.5. The van der Waals surface area contributed by atoms with E-state index in [1.807, 2.05) is 174 Å². The molecular formula is C59H44N7OPt-3. The van der Waals surface area contributed by atoms with Crippen LogP contribution in [0.15, 0.2) is 170 Å². The van der Waals surface area contributed by atoms with Crippen molar-refractivity contribution in [3.8, 4) is 28.4 Å². The molecule has 0 amide bonds. The number of pyridine rings is 2. The van der Waals surface area contributed by atoms with Crippen LogP contribution in [0.1, 0.15) is 34.6 Å². The minimum Gasteiger partial charge on any atom is -0.509 e. The number of aromatic nitrogens is 5. The van der Waals surface area contributed by atoms with Crippen LogP contribution in [0.3, 0.4) is 0 Å². The fourth-order valence-corrected chi connectivity index (χ4v) is 10.1. The molecule has 13 rings (SSSR count). The number of ether oxygens (including phenoxy) is 1. The fraction of sp³-hybridized carbons (Fsp3) is 0.102. The maximum absolute atomic E-state index is 9.19. The van der Waals surface area contributed by atoms with Crippen molar-refractivity contribution in [1.82, 2.24) is 23.7 Å². The quantitative estimate of drug-likeness (QED) is 0.155. The Morgan fingerprint density at radius 3 is 1.94 bits per heavy atom. The van der Waals surface area contributed by atoms with Gasteiger partial charge in [0.05, 0.1) is 22.2 Å². The summed E-state index contributed by atoms with van der Waals surface area (Å²) in [4.78, 5) is 13.5. The van der Waals surface area contributed by atoms with E-state index >= 15 is 0 Å². The van der Waals surface area contributed by atoms with Crippen LogP contribution >= 0.6 is 0 Å². The molecule has 12 aromatic rings. The van der Waals surface area contributed by atoms with Gasteiger partial charge >= 0.3 is 0 Å². The molecule has 0 fully saturated rings. The average Bonchev–Trinajstić information content (AvgIpc) is 4.13. The van der Waals surface area contributed by atoms with E-state index in [1.54, 1.807) is 6.20 Å². The summed E-state index contributed by atoms with van der Waals surface area (Å²) in [5.74, 6) is 1.63. The number of para-hydroxylation sites is 4. The summed E-state index contributed by atoms with van der Waals surface area (Å²) in [6.07, 6.45) is 3.63. The van der Waals surface area contributed by atoms with Crippen LogP contribution in [-0.4, -0.2) is 23.7 Å². The van der Waals surface area contributed by atoms with Crippen molar-refractivity contribution in [3.63, 3.8) is 0 Å². The van der Waals surface area contributed by atoms with E-state index in [9.17, 15) is 8.22 Å². The van der Waals surface area contributed by atoms with Crippen molar-refractivity contribution in [2.24, 2.45) is 14.0 Å². The molecule has 0 atom stereocenters. The zero-order valence-corrected chi connectivity index (χ0v) is 39.4. The van der Waals surface area contributed by atoms with Gasteiger partial charge in [-0.15, -0.1) is 42.7 Å². The van der Waals surface area contributed by atoms with Crippen LogP contribution in [0.4, 0.5) is 22.7 Å². The largest absolute Gasteiger partial charge is 0.509 e. The van der Waals surface area contributed by atoms with Gasteiger partial charge in [0.25, 0.3) is 0 Å². The first-order chi connectivity index (χ1) is 35.1. The Morgan fingerprint density at radius 1 is 0.588 bits per heavy atom. The van der Waals surface area contributed by atoms with Gasteiger partial charge in [-0.2, -0.15) is 12.1 Å². The van der Waals surface area contributed by atoms with E-state index in [1.165, 1.54) is 9.13 Å².